The molecule has 7 nitrogen and oxygen atoms in total. The van der Waals surface area contributed by atoms with Crippen LogP contribution in [0.4, 0.5) is 17.1 Å². The van der Waals surface area contributed by atoms with Gasteiger partial charge in [0.05, 0.1) is 6.54 Å². The van der Waals surface area contributed by atoms with Gasteiger partial charge in [-0.2, -0.15) is 0 Å². The molecule has 0 aliphatic heterocycles. The zero-order chi connectivity index (χ0) is 21.6. The van der Waals surface area contributed by atoms with Crippen molar-refractivity contribution in [3.05, 3.63) is 54.1 Å². The Balaban J connectivity index is 1.86. The van der Waals surface area contributed by atoms with Crippen molar-refractivity contribution >= 4 is 34.8 Å². The normalized spacial score (nSPS) is 10.8. The second-order valence-electron chi connectivity index (χ2n) is 7.81. The SMILES string of the molecule is CC(=O)N(C)c1ccc(NCC(=O)Nc2ccc(C(=O)NC(C)(C)C)cc2)cc1. The van der Waals surface area contributed by atoms with Gasteiger partial charge in [0.15, 0.2) is 0 Å². The lowest BCUT2D eigenvalue weighted by atomic mass is 10.1. The molecular formula is C22H28N4O3. The molecule has 0 aliphatic carbocycles. The van der Waals surface area contributed by atoms with Crippen LogP contribution in [0.3, 0.4) is 0 Å². The number of hydrogen-bond donors (Lipinski definition) is 3. The van der Waals surface area contributed by atoms with Crippen LogP contribution in [0.15, 0.2) is 48.5 Å². The third-order valence-electron chi connectivity index (χ3n) is 4.10. The number of nitrogens with zero attached hydrogens (tertiary/aromatic N) is 1. The van der Waals surface area contributed by atoms with Gasteiger partial charge in [0.2, 0.25) is 11.8 Å². The van der Waals surface area contributed by atoms with Crippen LogP contribution in [0.25, 0.3) is 0 Å². The van der Waals surface area contributed by atoms with Gasteiger partial charge < -0.3 is 20.9 Å². The van der Waals surface area contributed by atoms with E-state index in [-0.39, 0.29) is 29.8 Å². The van der Waals surface area contributed by atoms with Gasteiger partial charge in [0.25, 0.3) is 5.91 Å². The Labute approximate surface area is 171 Å². The van der Waals surface area contributed by atoms with E-state index < -0.39 is 0 Å². The van der Waals surface area contributed by atoms with Crippen molar-refractivity contribution in [3.8, 4) is 0 Å². The Morgan fingerprint density at radius 3 is 1.97 bits per heavy atom. The molecule has 0 saturated heterocycles. The zero-order valence-corrected chi connectivity index (χ0v) is 17.5. The molecule has 0 fully saturated rings. The Morgan fingerprint density at radius 1 is 0.897 bits per heavy atom. The highest BCUT2D eigenvalue weighted by molar-refractivity contribution is 5.97. The van der Waals surface area contributed by atoms with E-state index in [0.717, 1.165) is 11.4 Å². The van der Waals surface area contributed by atoms with Crippen molar-refractivity contribution in [2.24, 2.45) is 0 Å². The Hall–Kier alpha value is -3.35. The van der Waals surface area contributed by atoms with Crippen LogP contribution in [0.5, 0.6) is 0 Å². The molecule has 3 N–H and O–H groups in total. The van der Waals surface area contributed by atoms with E-state index in [1.54, 1.807) is 36.2 Å². The van der Waals surface area contributed by atoms with E-state index in [4.69, 9.17) is 0 Å². The van der Waals surface area contributed by atoms with Gasteiger partial charge in [0.1, 0.15) is 0 Å². The van der Waals surface area contributed by atoms with Gasteiger partial charge in [-0.05, 0) is 69.3 Å². The maximum absolute atomic E-state index is 12.2. The van der Waals surface area contributed by atoms with Crippen LogP contribution >= 0.6 is 0 Å². The molecule has 0 spiro atoms. The van der Waals surface area contributed by atoms with Gasteiger partial charge in [-0.15, -0.1) is 0 Å². The summed E-state index contributed by atoms with van der Waals surface area (Å²) in [4.78, 5) is 37.2. The number of benzene rings is 2. The molecule has 2 aromatic rings. The molecule has 0 radical (unpaired) electrons. The molecule has 3 amide bonds. The summed E-state index contributed by atoms with van der Waals surface area (Å²) in [5, 5.41) is 8.71. The fourth-order valence-corrected chi connectivity index (χ4v) is 2.49. The van der Waals surface area contributed by atoms with Gasteiger partial charge in [0, 0.05) is 42.1 Å². The number of rotatable bonds is 6. The summed E-state index contributed by atoms with van der Waals surface area (Å²) in [6.45, 7) is 7.35. The summed E-state index contributed by atoms with van der Waals surface area (Å²) < 4.78 is 0. The maximum Gasteiger partial charge on any atom is 0.251 e. The van der Waals surface area contributed by atoms with Crippen LogP contribution in [-0.2, 0) is 9.59 Å². The second kappa shape index (κ2) is 9.23. The lowest BCUT2D eigenvalue weighted by Crippen LogP contribution is -2.40. The van der Waals surface area contributed by atoms with Crippen molar-refractivity contribution in [2.75, 3.05) is 29.1 Å². The fourth-order valence-electron chi connectivity index (χ4n) is 2.49. The highest BCUT2D eigenvalue weighted by atomic mass is 16.2. The molecule has 0 aliphatic rings. The van der Waals surface area contributed by atoms with E-state index in [1.165, 1.54) is 6.92 Å². The van der Waals surface area contributed by atoms with Crippen molar-refractivity contribution in [3.63, 3.8) is 0 Å². The minimum Gasteiger partial charge on any atom is -0.376 e. The maximum atomic E-state index is 12.2. The lowest BCUT2D eigenvalue weighted by Gasteiger charge is -2.20. The average Bonchev–Trinajstić information content (AvgIpc) is 2.65. The van der Waals surface area contributed by atoms with E-state index in [0.29, 0.717) is 11.3 Å². The minimum atomic E-state index is -0.310. The van der Waals surface area contributed by atoms with Crippen LogP contribution in [0.1, 0.15) is 38.1 Å². The summed E-state index contributed by atoms with van der Waals surface area (Å²) in [6, 6.07) is 14.0. The smallest absolute Gasteiger partial charge is 0.251 e. The molecule has 2 rings (SSSR count). The number of carbonyl (C=O) groups is 3. The Bertz CT molecular complexity index is 868. The summed E-state index contributed by atoms with van der Waals surface area (Å²) in [5.74, 6) is -0.412. The fraction of sp³-hybridized carbons (Fsp3) is 0.318. The van der Waals surface area contributed by atoms with Crippen LogP contribution in [0, 0.1) is 0 Å². The molecule has 29 heavy (non-hydrogen) atoms. The highest BCUT2D eigenvalue weighted by Gasteiger charge is 2.15. The number of hydrogen-bond acceptors (Lipinski definition) is 4. The average molecular weight is 396 g/mol. The largest absolute Gasteiger partial charge is 0.376 e. The third kappa shape index (κ3) is 6.95. The number of carbonyl (C=O) groups excluding carboxylic acids is 3. The molecule has 0 atom stereocenters. The monoisotopic (exact) mass is 396 g/mol. The summed E-state index contributed by atoms with van der Waals surface area (Å²) in [6.07, 6.45) is 0. The second-order valence-corrected chi connectivity index (χ2v) is 7.81. The van der Waals surface area contributed by atoms with Crippen molar-refractivity contribution in [1.29, 1.82) is 0 Å². The number of amides is 3. The number of anilines is 3. The first kappa shape index (κ1) is 21.9. The molecule has 0 saturated carbocycles. The molecular weight excluding hydrogens is 368 g/mol. The molecule has 154 valence electrons. The van der Waals surface area contributed by atoms with E-state index in [2.05, 4.69) is 16.0 Å². The molecule has 0 unspecified atom stereocenters. The van der Waals surface area contributed by atoms with E-state index in [9.17, 15) is 14.4 Å². The van der Waals surface area contributed by atoms with Crippen LogP contribution in [-0.4, -0.2) is 36.9 Å². The third-order valence-corrected chi connectivity index (χ3v) is 4.10. The molecule has 0 heterocycles. The summed E-state index contributed by atoms with van der Waals surface area (Å²) in [7, 11) is 1.70. The van der Waals surface area contributed by atoms with Gasteiger partial charge in [-0.1, -0.05) is 0 Å². The van der Waals surface area contributed by atoms with Crippen LogP contribution < -0.4 is 20.9 Å². The predicted molar refractivity (Wildman–Crippen MR) is 116 cm³/mol. The molecule has 0 bridgehead atoms. The molecule has 2 aromatic carbocycles. The minimum absolute atomic E-state index is 0.0491. The first-order valence-corrected chi connectivity index (χ1v) is 9.36. The highest BCUT2D eigenvalue weighted by Crippen LogP contribution is 2.17. The zero-order valence-electron chi connectivity index (χ0n) is 17.5. The summed E-state index contributed by atoms with van der Waals surface area (Å²) in [5.41, 5.74) is 2.39. The predicted octanol–water partition coefficient (Wildman–Crippen LogP) is 3.25. The van der Waals surface area contributed by atoms with Gasteiger partial charge in [-0.25, -0.2) is 0 Å². The lowest BCUT2D eigenvalue weighted by molar-refractivity contribution is -0.116. The van der Waals surface area contributed by atoms with Crippen molar-refractivity contribution < 1.29 is 14.4 Å². The van der Waals surface area contributed by atoms with Crippen LogP contribution in [0.2, 0.25) is 0 Å². The quantitative estimate of drug-likeness (QED) is 0.699. The Kier molecular flexibility index (Phi) is 6.98. The van der Waals surface area contributed by atoms with E-state index >= 15 is 0 Å². The van der Waals surface area contributed by atoms with Crippen molar-refractivity contribution in [2.45, 2.75) is 33.2 Å². The standard InChI is InChI=1S/C22H28N4O3/c1-15(27)26(5)19-12-10-17(11-13-19)23-14-20(28)24-18-8-6-16(7-9-18)21(29)25-22(2,3)4/h6-13,23H,14H2,1-5H3,(H,24,28)(H,25,29). The Morgan fingerprint density at radius 2 is 1.45 bits per heavy atom. The molecule has 7 heteroatoms. The van der Waals surface area contributed by atoms with Gasteiger partial charge in [-0.3, -0.25) is 14.4 Å². The molecule has 0 aromatic heterocycles. The van der Waals surface area contributed by atoms with Crippen molar-refractivity contribution in [1.82, 2.24) is 5.32 Å². The summed E-state index contributed by atoms with van der Waals surface area (Å²) >= 11 is 0. The number of nitrogens with one attached hydrogen (secondary N) is 3. The first-order chi connectivity index (χ1) is 13.5. The first-order valence-electron chi connectivity index (χ1n) is 9.36. The topological polar surface area (TPSA) is 90.5 Å². The van der Waals surface area contributed by atoms with Gasteiger partial charge >= 0.3 is 0 Å². The van der Waals surface area contributed by atoms with E-state index in [1.807, 2.05) is 45.0 Å².